The van der Waals surface area contributed by atoms with Crippen LogP contribution in [-0.2, 0) is 6.54 Å². The molecule has 1 saturated heterocycles. The zero-order valence-corrected chi connectivity index (χ0v) is 14.5. The molecule has 0 bridgehead atoms. The number of phenolic OH excluding ortho intramolecular Hbond substituents is 1. The molecule has 2 aromatic heterocycles. The summed E-state index contributed by atoms with van der Waals surface area (Å²) in [5, 5.41) is 18.5. The van der Waals surface area contributed by atoms with Gasteiger partial charge in [0.1, 0.15) is 11.5 Å². The Labute approximate surface area is 151 Å². The van der Waals surface area contributed by atoms with Crippen molar-refractivity contribution in [3.63, 3.8) is 0 Å². The lowest BCUT2D eigenvalue weighted by atomic mass is 10.1. The highest BCUT2D eigenvalue weighted by atomic mass is 16.5. The van der Waals surface area contributed by atoms with Crippen molar-refractivity contribution in [1.82, 2.24) is 20.1 Å². The van der Waals surface area contributed by atoms with E-state index in [2.05, 4.69) is 20.1 Å². The molecular formula is C19H20N4O3. The fourth-order valence-corrected chi connectivity index (χ4v) is 3.23. The first-order valence-corrected chi connectivity index (χ1v) is 8.55. The van der Waals surface area contributed by atoms with Gasteiger partial charge in [0.25, 0.3) is 0 Å². The van der Waals surface area contributed by atoms with Crippen molar-refractivity contribution in [2.75, 3.05) is 20.2 Å². The smallest absolute Gasteiger partial charge is 0.249 e. The van der Waals surface area contributed by atoms with Crippen molar-refractivity contribution in [2.45, 2.75) is 18.9 Å². The minimum Gasteiger partial charge on any atom is -0.507 e. The predicted molar refractivity (Wildman–Crippen MR) is 94.8 cm³/mol. The van der Waals surface area contributed by atoms with Gasteiger partial charge in [-0.1, -0.05) is 6.07 Å². The molecule has 3 heterocycles. The SMILES string of the molecule is COc1ccc(CN2CCC(c3nnc(-c4cccnc4)o3)C2)c(O)c1. The molecular weight excluding hydrogens is 332 g/mol. The van der Waals surface area contributed by atoms with Crippen LogP contribution in [0.15, 0.2) is 47.1 Å². The summed E-state index contributed by atoms with van der Waals surface area (Å²) in [5.41, 5.74) is 1.71. The average Bonchev–Trinajstić information content (AvgIpc) is 3.33. The van der Waals surface area contributed by atoms with Gasteiger partial charge in [-0.2, -0.15) is 0 Å². The highest BCUT2D eigenvalue weighted by Gasteiger charge is 2.28. The number of aromatic hydroxyl groups is 1. The Kier molecular flexibility index (Phi) is 4.53. The Bertz CT molecular complexity index is 882. The van der Waals surface area contributed by atoms with Gasteiger partial charge in [0, 0.05) is 37.1 Å². The van der Waals surface area contributed by atoms with Crippen molar-refractivity contribution in [2.24, 2.45) is 0 Å². The lowest BCUT2D eigenvalue weighted by Crippen LogP contribution is -2.19. The molecule has 26 heavy (non-hydrogen) atoms. The lowest BCUT2D eigenvalue weighted by molar-refractivity contribution is 0.313. The fraction of sp³-hybridized carbons (Fsp3) is 0.316. The van der Waals surface area contributed by atoms with Crippen LogP contribution in [0.25, 0.3) is 11.5 Å². The van der Waals surface area contributed by atoms with Crippen LogP contribution in [0.5, 0.6) is 11.5 Å². The number of benzene rings is 1. The quantitative estimate of drug-likeness (QED) is 0.756. The molecule has 1 unspecified atom stereocenters. The average molecular weight is 352 g/mol. The van der Waals surface area contributed by atoms with Crippen molar-refractivity contribution in [1.29, 1.82) is 0 Å². The molecule has 1 aromatic carbocycles. The molecule has 0 radical (unpaired) electrons. The summed E-state index contributed by atoms with van der Waals surface area (Å²) in [7, 11) is 1.59. The van der Waals surface area contributed by atoms with E-state index in [0.717, 1.165) is 30.6 Å². The highest BCUT2D eigenvalue weighted by molar-refractivity contribution is 5.50. The van der Waals surface area contributed by atoms with E-state index in [1.165, 1.54) is 0 Å². The Morgan fingerprint density at radius 1 is 1.31 bits per heavy atom. The van der Waals surface area contributed by atoms with Crippen molar-refractivity contribution in [3.8, 4) is 23.0 Å². The summed E-state index contributed by atoms with van der Waals surface area (Å²) in [6, 6.07) is 9.14. The maximum Gasteiger partial charge on any atom is 0.249 e. The van der Waals surface area contributed by atoms with Gasteiger partial charge in [-0.3, -0.25) is 9.88 Å². The van der Waals surface area contributed by atoms with Crippen molar-refractivity contribution in [3.05, 3.63) is 54.2 Å². The van der Waals surface area contributed by atoms with Crippen LogP contribution in [-0.4, -0.2) is 45.4 Å². The molecule has 1 aliphatic rings. The molecule has 0 aliphatic carbocycles. The van der Waals surface area contributed by atoms with Gasteiger partial charge in [0.15, 0.2) is 0 Å². The highest BCUT2D eigenvalue weighted by Crippen LogP contribution is 2.31. The molecule has 134 valence electrons. The molecule has 0 saturated carbocycles. The topological polar surface area (TPSA) is 84.5 Å². The van der Waals surface area contributed by atoms with E-state index >= 15 is 0 Å². The zero-order valence-electron chi connectivity index (χ0n) is 14.5. The number of hydrogen-bond acceptors (Lipinski definition) is 7. The third-order valence-corrected chi connectivity index (χ3v) is 4.66. The first-order valence-electron chi connectivity index (χ1n) is 8.55. The number of hydrogen-bond donors (Lipinski definition) is 1. The lowest BCUT2D eigenvalue weighted by Gasteiger charge is -2.16. The Balaban J connectivity index is 1.42. The molecule has 1 atom stereocenters. The normalized spacial score (nSPS) is 17.5. The number of pyridine rings is 1. The summed E-state index contributed by atoms with van der Waals surface area (Å²) < 4.78 is 11.0. The van der Waals surface area contributed by atoms with Gasteiger partial charge in [0.2, 0.25) is 11.8 Å². The van der Waals surface area contributed by atoms with Gasteiger partial charge >= 0.3 is 0 Å². The summed E-state index contributed by atoms with van der Waals surface area (Å²) in [4.78, 5) is 6.36. The first kappa shape index (κ1) is 16.5. The third kappa shape index (κ3) is 3.39. The minimum atomic E-state index is 0.202. The molecule has 0 amide bonds. The Morgan fingerprint density at radius 3 is 3.00 bits per heavy atom. The Morgan fingerprint density at radius 2 is 2.23 bits per heavy atom. The molecule has 7 nitrogen and oxygen atoms in total. The number of rotatable bonds is 5. The molecule has 1 N–H and O–H groups in total. The number of methoxy groups -OCH3 is 1. The van der Waals surface area contributed by atoms with E-state index in [4.69, 9.17) is 9.15 Å². The summed E-state index contributed by atoms with van der Waals surface area (Å²) in [6.45, 7) is 2.41. The molecule has 7 heteroatoms. The van der Waals surface area contributed by atoms with E-state index < -0.39 is 0 Å². The van der Waals surface area contributed by atoms with Crippen LogP contribution < -0.4 is 4.74 Å². The summed E-state index contributed by atoms with van der Waals surface area (Å²) >= 11 is 0. The summed E-state index contributed by atoms with van der Waals surface area (Å²) in [6.07, 6.45) is 4.38. The Hall–Kier alpha value is -2.93. The van der Waals surface area contributed by atoms with Gasteiger partial charge in [-0.05, 0) is 31.2 Å². The third-order valence-electron chi connectivity index (χ3n) is 4.66. The molecule has 3 aromatic rings. The van der Waals surface area contributed by atoms with E-state index in [-0.39, 0.29) is 11.7 Å². The number of ether oxygens (including phenoxy) is 1. The standard InChI is InChI=1S/C19H20N4O3/c1-25-16-5-4-14(17(24)9-16)11-23-8-6-15(12-23)19-22-21-18(26-19)13-3-2-7-20-10-13/h2-5,7,9-10,15,24H,6,8,11-12H2,1H3. The molecule has 4 rings (SSSR count). The van der Waals surface area contributed by atoms with Gasteiger partial charge in [-0.15, -0.1) is 10.2 Å². The molecule has 1 aliphatic heterocycles. The maximum absolute atomic E-state index is 10.1. The van der Waals surface area contributed by atoms with Crippen LogP contribution in [0.3, 0.4) is 0 Å². The fourth-order valence-electron chi connectivity index (χ4n) is 3.23. The second kappa shape index (κ2) is 7.13. The van der Waals surface area contributed by atoms with Crippen molar-refractivity contribution >= 4 is 0 Å². The van der Waals surface area contributed by atoms with Crippen LogP contribution in [0.1, 0.15) is 23.8 Å². The number of likely N-dealkylation sites (tertiary alicyclic amines) is 1. The largest absolute Gasteiger partial charge is 0.507 e. The summed E-state index contributed by atoms with van der Waals surface area (Å²) in [5.74, 6) is 2.27. The van der Waals surface area contributed by atoms with Crippen molar-refractivity contribution < 1.29 is 14.3 Å². The minimum absolute atomic E-state index is 0.202. The molecule has 1 fully saturated rings. The first-order chi connectivity index (χ1) is 12.7. The van der Waals surface area contributed by atoms with Gasteiger partial charge in [0.05, 0.1) is 18.6 Å². The maximum atomic E-state index is 10.1. The van der Waals surface area contributed by atoms with Gasteiger partial charge in [-0.25, -0.2) is 0 Å². The number of nitrogens with zero attached hydrogens (tertiary/aromatic N) is 4. The number of aromatic nitrogens is 3. The zero-order chi connectivity index (χ0) is 17.9. The van der Waals surface area contributed by atoms with Crippen LogP contribution in [0, 0.1) is 0 Å². The number of phenols is 1. The van der Waals surface area contributed by atoms with Crippen LogP contribution in [0.2, 0.25) is 0 Å². The second-order valence-electron chi connectivity index (χ2n) is 6.40. The van der Waals surface area contributed by atoms with Gasteiger partial charge < -0.3 is 14.3 Å². The molecule has 0 spiro atoms. The van der Waals surface area contributed by atoms with Crippen LogP contribution in [0.4, 0.5) is 0 Å². The monoisotopic (exact) mass is 352 g/mol. The second-order valence-corrected chi connectivity index (χ2v) is 6.40. The van der Waals surface area contributed by atoms with E-state index in [1.54, 1.807) is 25.6 Å². The van der Waals surface area contributed by atoms with E-state index in [9.17, 15) is 5.11 Å². The predicted octanol–water partition coefficient (Wildman–Crippen LogP) is 2.84. The van der Waals surface area contributed by atoms with E-state index in [1.807, 2.05) is 24.3 Å². The van der Waals surface area contributed by atoms with Crippen LogP contribution >= 0.6 is 0 Å². The van der Waals surface area contributed by atoms with E-state index in [0.29, 0.717) is 24.1 Å².